The number of nitrogens with zero attached hydrogens (tertiary/aromatic N) is 1. The third-order valence-electron chi connectivity index (χ3n) is 7.43. The molecule has 31 heavy (non-hydrogen) atoms. The van der Waals surface area contributed by atoms with Crippen LogP contribution >= 0.6 is 0 Å². The second kappa shape index (κ2) is 13.4. The van der Waals surface area contributed by atoms with Gasteiger partial charge in [0.15, 0.2) is 0 Å². The summed E-state index contributed by atoms with van der Waals surface area (Å²) in [6.07, 6.45) is 28.6. The van der Waals surface area contributed by atoms with E-state index in [1.165, 1.54) is 82.6 Å². The maximum atomic E-state index is 8.54. The summed E-state index contributed by atoms with van der Waals surface area (Å²) in [4.78, 5) is 0. The molecule has 0 amide bonds. The molecule has 1 heteroatoms. The second-order valence-electron chi connectivity index (χ2n) is 9.74. The van der Waals surface area contributed by atoms with Crippen molar-refractivity contribution in [2.75, 3.05) is 0 Å². The Balaban J connectivity index is 1.36. The molecular weight excluding hydrogens is 374 g/mol. The molecule has 1 nitrogen and oxygen atoms in total. The molecule has 0 spiro atoms. The number of nitriles is 1. The summed E-state index contributed by atoms with van der Waals surface area (Å²) in [6, 6.07) is 11.6. The van der Waals surface area contributed by atoms with E-state index < -0.39 is 0 Å². The van der Waals surface area contributed by atoms with Gasteiger partial charge in [-0.25, -0.2) is 0 Å². The van der Waals surface area contributed by atoms with E-state index in [1.54, 1.807) is 11.6 Å². The van der Waals surface area contributed by atoms with Gasteiger partial charge in [0.2, 0.25) is 0 Å². The molecule has 2 aliphatic carbocycles. The molecule has 1 aromatic carbocycles. The fraction of sp³-hybridized carbons (Fsp3) is 0.567. The minimum absolute atomic E-state index is 0.696. The van der Waals surface area contributed by atoms with E-state index in [0.717, 1.165) is 17.8 Å². The van der Waals surface area contributed by atoms with Crippen LogP contribution in [0.4, 0.5) is 0 Å². The summed E-state index contributed by atoms with van der Waals surface area (Å²) >= 11 is 0. The lowest BCUT2D eigenvalue weighted by atomic mass is 9.77. The van der Waals surface area contributed by atoms with Crippen LogP contribution < -0.4 is 0 Å². The number of benzene rings is 1. The van der Waals surface area contributed by atoms with Crippen LogP contribution in [0, 0.1) is 29.1 Å². The zero-order valence-corrected chi connectivity index (χ0v) is 19.5. The monoisotopic (exact) mass is 415 g/mol. The summed E-state index contributed by atoms with van der Waals surface area (Å²) in [6.45, 7) is 2.27. The average molecular weight is 416 g/mol. The van der Waals surface area contributed by atoms with Crippen LogP contribution in [0.5, 0.6) is 0 Å². The molecule has 2 aliphatic rings. The zero-order valence-electron chi connectivity index (χ0n) is 19.5. The van der Waals surface area contributed by atoms with E-state index in [2.05, 4.69) is 49.4 Å². The van der Waals surface area contributed by atoms with E-state index in [9.17, 15) is 0 Å². The van der Waals surface area contributed by atoms with Crippen molar-refractivity contribution in [2.45, 2.75) is 89.9 Å². The van der Waals surface area contributed by atoms with E-state index in [-0.39, 0.29) is 0 Å². The molecule has 3 rings (SSSR count). The molecule has 0 atom stereocenters. The molecule has 2 saturated carbocycles. The molecule has 2 fully saturated rings. The Morgan fingerprint density at radius 3 is 1.94 bits per heavy atom. The fourth-order valence-corrected chi connectivity index (χ4v) is 5.34. The molecule has 0 radical (unpaired) electrons. The van der Waals surface area contributed by atoms with Gasteiger partial charge < -0.3 is 0 Å². The minimum atomic E-state index is 0.696. The molecule has 0 N–H and O–H groups in total. The average Bonchev–Trinajstić information content (AvgIpc) is 2.82. The summed E-state index contributed by atoms with van der Waals surface area (Å²) in [5.74, 6) is 3.03. The second-order valence-corrected chi connectivity index (χ2v) is 9.74. The summed E-state index contributed by atoms with van der Waals surface area (Å²) < 4.78 is 0. The normalized spacial score (nSPS) is 27.2. The van der Waals surface area contributed by atoms with Crippen molar-refractivity contribution < 1.29 is 0 Å². The van der Waals surface area contributed by atoms with Crippen LogP contribution in [0.2, 0.25) is 0 Å². The molecule has 0 saturated heterocycles. The summed E-state index contributed by atoms with van der Waals surface area (Å²) in [7, 11) is 0. The highest BCUT2D eigenvalue weighted by molar-refractivity contribution is 5.26. The number of rotatable bonds is 9. The highest BCUT2D eigenvalue weighted by Crippen LogP contribution is 2.37. The largest absolute Gasteiger partial charge is 0.193 e. The third kappa shape index (κ3) is 8.17. The van der Waals surface area contributed by atoms with E-state index >= 15 is 0 Å². The van der Waals surface area contributed by atoms with E-state index in [1.807, 2.05) is 18.2 Å². The number of unbranched alkanes of at least 4 members (excludes halogenated alkanes) is 2. The maximum Gasteiger partial charge on any atom is 0.0912 e. The minimum Gasteiger partial charge on any atom is -0.193 e. The third-order valence-corrected chi connectivity index (χ3v) is 7.43. The van der Waals surface area contributed by atoms with Gasteiger partial charge in [-0.3, -0.25) is 0 Å². The van der Waals surface area contributed by atoms with Gasteiger partial charge in [0, 0.05) is 6.08 Å². The standard InChI is InChI=1S/C30H41N/c1-2-3-5-8-26-16-20-29(21-17-26)30-22-18-28(19-23-30)15-14-27-12-10-25(11-13-27)9-6-4-7-24-31/h4,6-7,9,14-17,20-21,25,27-28,30H,2-3,5,8,10-13,18-19,22-23H2,1H3/b7-4?,9-6?,15-14+/t25-,27-,28-,30-. The van der Waals surface area contributed by atoms with Gasteiger partial charge in [-0.1, -0.05) is 74.4 Å². The number of hydrogen-bond donors (Lipinski definition) is 0. The zero-order chi connectivity index (χ0) is 21.7. The Labute approximate surface area is 191 Å². The predicted octanol–water partition coefficient (Wildman–Crippen LogP) is 8.69. The number of aryl methyl sites for hydroxylation is 1. The van der Waals surface area contributed by atoms with Crippen molar-refractivity contribution in [1.82, 2.24) is 0 Å². The van der Waals surface area contributed by atoms with Crippen molar-refractivity contribution in [3.63, 3.8) is 0 Å². The van der Waals surface area contributed by atoms with Crippen molar-refractivity contribution in [3.05, 3.63) is 71.8 Å². The van der Waals surface area contributed by atoms with Crippen LogP contribution in [0.1, 0.15) is 94.6 Å². The molecule has 1 aromatic rings. The maximum absolute atomic E-state index is 8.54. The van der Waals surface area contributed by atoms with Gasteiger partial charge in [0.05, 0.1) is 6.07 Å². The van der Waals surface area contributed by atoms with Crippen LogP contribution in [0.15, 0.2) is 60.7 Å². The lowest BCUT2D eigenvalue weighted by Gasteiger charge is -2.28. The highest BCUT2D eigenvalue weighted by Gasteiger charge is 2.22. The predicted molar refractivity (Wildman–Crippen MR) is 133 cm³/mol. The van der Waals surface area contributed by atoms with Crippen LogP contribution in [0.25, 0.3) is 0 Å². The number of hydrogen-bond acceptors (Lipinski definition) is 1. The van der Waals surface area contributed by atoms with Gasteiger partial charge >= 0.3 is 0 Å². The molecular formula is C30H41N. The molecule has 0 heterocycles. The van der Waals surface area contributed by atoms with Gasteiger partial charge in [-0.05, 0) is 99.0 Å². The molecule has 0 aliphatic heterocycles. The lowest BCUT2D eigenvalue weighted by molar-refractivity contribution is 0.348. The summed E-state index contributed by atoms with van der Waals surface area (Å²) in [5, 5.41) is 8.54. The first kappa shape index (κ1) is 23.6. The molecule has 0 unspecified atom stereocenters. The Morgan fingerprint density at radius 1 is 0.774 bits per heavy atom. The number of allylic oxidation sites excluding steroid dienone is 6. The first-order valence-electron chi connectivity index (χ1n) is 12.8. The van der Waals surface area contributed by atoms with E-state index in [0.29, 0.717) is 5.92 Å². The smallest absolute Gasteiger partial charge is 0.0912 e. The van der Waals surface area contributed by atoms with Crippen molar-refractivity contribution in [1.29, 1.82) is 5.26 Å². The Bertz CT molecular complexity index is 745. The quantitative estimate of drug-likeness (QED) is 0.171. The van der Waals surface area contributed by atoms with Gasteiger partial charge in [0.25, 0.3) is 0 Å². The Morgan fingerprint density at radius 2 is 1.35 bits per heavy atom. The Hall–Kier alpha value is -2.07. The van der Waals surface area contributed by atoms with Crippen molar-refractivity contribution in [2.24, 2.45) is 17.8 Å². The fourth-order valence-electron chi connectivity index (χ4n) is 5.34. The van der Waals surface area contributed by atoms with Crippen molar-refractivity contribution >= 4 is 0 Å². The van der Waals surface area contributed by atoms with Gasteiger partial charge in [-0.15, -0.1) is 0 Å². The van der Waals surface area contributed by atoms with Gasteiger partial charge in [-0.2, -0.15) is 5.26 Å². The van der Waals surface area contributed by atoms with E-state index in [4.69, 9.17) is 5.26 Å². The first-order valence-corrected chi connectivity index (χ1v) is 12.8. The first-order chi connectivity index (χ1) is 15.3. The van der Waals surface area contributed by atoms with Crippen molar-refractivity contribution in [3.8, 4) is 6.07 Å². The van der Waals surface area contributed by atoms with Crippen LogP contribution in [0.3, 0.4) is 0 Å². The molecule has 166 valence electrons. The molecule has 0 bridgehead atoms. The van der Waals surface area contributed by atoms with Crippen LogP contribution in [-0.2, 0) is 6.42 Å². The topological polar surface area (TPSA) is 23.8 Å². The lowest BCUT2D eigenvalue weighted by Crippen LogP contribution is -2.14. The SMILES string of the molecule is CCCCCc1ccc([C@H]2CC[C@H](/C=C/[C@H]3CC[C@H](C=CC=CC#N)CC3)CC2)cc1. The van der Waals surface area contributed by atoms with Gasteiger partial charge in [0.1, 0.15) is 0 Å². The Kier molecular flexibility index (Phi) is 10.2. The molecule has 0 aromatic heterocycles. The summed E-state index contributed by atoms with van der Waals surface area (Å²) in [5.41, 5.74) is 3.08. The van der Waals surface area contributed by atoms with Crippen LogP contribution in [-0.4, -0.2) is 0 Å². The highest BCUT2D eigenvalue weighted by atomic mass is 14.3.